The van der Waals surface area contributed by atoms with Gasteiger partial charge in [0, 0.05) is 48.8 Å². The fourth-order valence-electron chi connectivity index (χ4n) is 5.13. The van der Waals surface area contributed by atoms with Gasteiger partial charge in [0.25, 0.3) is 0 Å². The van der Waals surface area contributed by atoms with Crippen molar-refractivity contribution in [3.8, 4) is 5.75 Å². The van der Waals surface area contributed by atoms with Crippen LogP contribution in [0.1, 0.15) is 29.2 Å². The molecule has 1 N–H and O–H groups in total. The van der Waals surface area contributed by atoms with Gasteiger partial charge in [-0.05, 0) is 43.0 Å². The number of fused-ring (bicyclic) bond motifs is 5. The Labute approximate surface area is 186 Å². The smallest absolute Gasteiger partial charge is 0.340 e. The summed E-state index contributed by atoms with van der Waals surface area (Å²) < 4.78 is 6.80. The summed E-state index contributed by atoms with van der Waals surface area (Å²) in [4.78, 5) is 50.4. The van der Waals surface area contributed by atoms with Gasteiger partial charge in [-0.25, -0.2) is 4.79 Å². The number of amides is 1. The van der Waals surface area contributed by atoms with Gasteiger partial charge in [-0.15, -0.1) is 0 Å². The van der Waals surface area contributed by atoms with Crippen LogP contribution in [0, 0.1) is 23.0 Å². The Morgan fingerprint density at radius 3 is 2.76 bits per heavy atom. The third-order valence-corrected chi connectivity index (χ3v) is 6.73. The molecule has 0 radical (unpaired) electrons. The van der Waals surface area contributed by atoms with E-state index in [9.17, 15) is 29.6 Å². The van der Waals surface area contributed by atoms with E-state index >= 15 is 0 Å². The van der Waals surface area contributed by atoms with Crippen LogP contribution in [-0.4, -0.2) is 38.5 Å². The van der Waals surface area contributed by atoms with Crippen molar-refractivity contribution in [1.29, 1.82) is 0 Å². The molecule has 1 saturated heterocycles. The molecule has 3 aromatic rings. The maximum absolute atomic E-state index is 13.2. The standard InChI is InChI=1S/C23H21N3O7/c1-12-16-3-2-15(27)7-20(16)33-23(30)17(12)8-21(28)24-9-13-6-14(11-24)18-4-5-19(26(31)32)22(29)25(18)10-13/h2-5,7,13-14,27H,6,8-11H2,1H3/t13-,14+/m1/s1. The number of aromatic hydroxyl groups is 1. The Kier molecular flexibility index (Phi) is 4.80. The maximum Gasteiger partial charge on any atom is 0.340 e. The van der Waals surface area contributed by atoms with Gasteiger partial charge >= 0.3 is 16.9 Å². The minimum atomic E-state index is -0.672. The summed E-state index contributed by atoms with van der Waals surface area (Å²) in [5.74, 6) is -0.335. The predicted octanol–water partition coefficient (Wildman–Crippen LogP) is 2.07. The molecule has 2 atom stereocenters. The number of aromatic nitrogens is 1. The molecule has 2 aliphatic rings. The molecule has 0 aliphatic carbocycles. The van der Waals surface area contributed by atoms with Crippen molar-refractivity contribution in [3.63, 3.8) is 0 Å². The van der Waals surface area contributed by atoms with Crippen molar-refractivity contribution < 1.29 is 19.2 Å². The van der Waals surface area contributed by atoms with E-state index in [4.69, 9.17) is 4.42 Å². The lowest BCUT2D eigenvalue weighted by Crippen LogP contribution is -2.49. The first-order valence-electron chi connectivity index (χ1n) is 10.6. The van der Waals surface area contributed by atoms with E-state index in [2.05, 4.69) is 0 Å². The van der Waals surface area contributed by atoms with Gasteiger partial charge in [0.2, 0.25) is 5.91 Å². The molecule has 2 bridgehead atoms. The largest absolute Gasteiger partial charge is 0.508 e. The van der Waals surface area contributed by atoms with Gasteiger partial charge in [-0.3, -0.25) is 19.7 Å². The number of aryl methyl sites for hydroxylation is 1. The normalized spacial score (nSPS) is 19.4. The number of carbonyl (C=O) groups excluding carboxylic acids is 1. The van der Waals surface area contributed by atoms with Crippen LogP contribution in [0.25, 0.3) is 11.0 Å². The lowest BCUT2D eigenvalue weighted by molar-refractivity contribution is -0.386. The van der Waals surface area contributed by atoms with Crippen LogP contribution in [-0.2, 0) is 17.8 Å². The van der Waals surface area contributed by atoms with Crippen LogP contribution in [0.5, 0.6) is 5.75 Å². The fraction of sp³-hybridized carbons (Fsp3) is 0.348. The summed E-state index contributed by atoms with van der Waals surface area (Å²) in [7, 11) is 0. The molecule has 10 nitrogen and oxygen atoms in total. The van der Waals surface area contributed by atoms with Crippen LogP contribution in [0.2, 0.25) is 0 Å². The number of piperidine rings is 1. The molecular weight excluding hydrogens is 430 g/mol. The first kappa shape index (κ1) is 20.9. The molecule has 0 spiro atoms. The number of likely N-dealkylation sites (tertiary alicyclic amines) is 1. The highest BCUT2D eigenvalue weighted by atomic mass is 16.6. The summed E-state index contributed by atoms with van der Waals surface area (Å²) >= 11 is 0. The Bertz CT molecular complexity index is 1440. The van der Waals surface area contributed by atoms with Crippen molar-refractivity contribution in [2.24, 2.45) is 5.92 Å². The molecule has 2 aromatic heterocycles. The number of nitro groups is 1. The number of benzene rings is 1. The van der Waals surface area contributed by atoms with Gasteiger partial charge in [-0.2, -0.15) is 0 Å². The van der Waals surface area contributed by atoms with E-state index in [1.54, 1.807) is 24.0 Å². The van der Waals surface area contributed by atoms with E-state index in [0.29, 0.717) is 36.3 Å². The molecule has 5 rings (SSSR count). The van der Waals surface area contributed by atoms with Crippen molar-refractivity contribution in [2.45, 2.75) is 32.2 Å². The summed E-state index contributed by atoms with van der Waals surface area (Å²) in [6, 6.07) is 7.35. The van der Waals surface area contributed by atoms with Gasteiger partial charge in [0.1, 0.15) is 11.3 Å². The third kappa shape index (κ3) is 3.47. The van der Waals surface area contributed by atoms with E-state index < -0.39 is 21.8 Å². The number of carbonyl (C=O) groups is 1. The highest BCUT2D eigenvalue weighted by Crippen LogP contribution is 2.36. The Hall–Kier alpha value is -3.95. The lowest BCUT2D eigenvalue weighted by atomic mass is 9.83. The number of phenolic OH excluding ortho intramolecular Hbond substituents is 1. The van der Waals surface area contributed by atoms with Gasteiger partial charge in [-0.1, -0.05) is 0 Å². The molecule has 1 amide bonds. The summed E-state index contributed by atoms with van der Waals surface area (Å²) in [6.07, 6.45) is 0.680. The molecule has 0 unspecified atom stereocenters. The second kappa shape index (κ2) is 7.58. The van der Waals surface area contributed by atoms with E-state index in [-0.39, 0.29) is 41.1 Å². The highest BCUT2D eigenvalue weighted by Gasteiger charge is 2.37. The third-order valence-electron chi connectivity index (χ3n) is 6.73. The van der Waals surface area contributed by atoms with Crippen molar-refractivity contribution >= 4 is 22.6 Å². The zero-order chi connectivity index (χ0) is 23.4. The minimum absolute atomic E-state index is 0.00279. The molecule has 1 fully saturated rings. The molecule has 1 aromatic carbocycles. The highest BCUT2D eigenvalue weighted by molar-refractivity contribution is 5.85. The number of hydrogen-bond acceptors (Lipinski definition) is 7. The van der Waals surface area contributed by atoms with Gasteiger partial charge < -0.3 is 19.0 Å². The Morgan fingerprint density at radius 1 is 1.21 bits per heavy atom. The average molecular weight is 451 g/mol. The first-order valence-corrected chi connectivity index (χ1v) is 10.6. The predicted molar refractivity (Wildman–Crippen MR) is 117 cm³/mol. The van der Waals surface area contributed by atoms with Crippen molar-refractivity contribution in [3.05, 3.63) is 78.0 Å². The zero-order valence-electron chi connectivity index (χ0n) is 17.8. The van der Waals surface area contributed by atoms with E-state index in [0.717, 1.165) is 6.42 Å². The van der Waals surface area contributed by atoms with Crippen LogP contribution in [0.4, 0.5) is 5.69 Å². The number of pyridine rings is 1. The first-order chi connectivity index (χ1) is 15.7. The molecule has 0 saturated carbocycles. The monoisotopic (exact) mass is 451 g/mol. The Morgan fingerprint density at radius 2 is 2.00 bits per heavy atom. The average Bonchev–Trinajstić information content (AvgIpc) is 2.76. The number of rotatable bonds is 3. The number of nitrogens with zero attached hydrogens (tertiary/aromatic N) is 3. The van der Waals surface area contributed by atoms with Crippen LogP contribution < -0.4 is 11.2 Å². The summed E-state index contributed by atoms with van der Waals surface area (Å²) in [5.41, 5.74) is 0.205. The number of hydrogen-bond donors (Lipinski definition) is 1. The Balaban J connectivity index is 1.42. The van der Waals surface area contributed by atoms with Crippen molar-refractivity contribution in [1.82, 2.24) is 9.47 Å². The fourth-order valence-corrected chi connectivity index (χ4v) is 5.13. The van der Waals surface area contributed by atoms with Gasteiger partial charge in [0.15, 0.2) is 0 Å². The van der Waals surface area contributed by atoms with E-state index in [1.807, 2.05) is 0 Å². The maximum atomic E-state index is 13.2. The quantitative estimate of drug-likeness (QED) is 0.366. The molecular formula is C23H21N3O7. The molecule has 2 aliphatic heterocycles. The zero-order valence-corrected chi connectivity index (χ0v) is 17.8. The van der Waals surface area contributed by atoms with Crippen LogP contribution in [0.3, 0.4) is 0 Å². The molecule has 10 heteroatoms. The molecule has 4 heterocycles. The SMILES string of the molecule is Cc1c(CC(=O)N2C[C@H]3C[C@@H](C2)c2ccc([N+](=O)[O-])c(=O)n2C3)c(=O)oc2cc(O)ccc12. The molecule has 33 heavy (non-hydrogen) atoms. The number of phenols is 1. The second-order valence-electron chi connectivity index (χ2n) is 8.76. The van der Waals surface area contributed by atoms with Crippen LogP contribution >= 0.6 is 0 Å². The minimum Gasteiger partial charge on any atom is -0.508 e. The summed E-state index contributed by atoms with van der Waals surface area (Å²) in [6.45, 7) is 2.85. The molecule has 170 valence electrons. The lowest BCUT2D eigenvalue weighted by Gasteiger charge is -2.42. The van der Waals surface area contributed by atoms with E-state index in [1.165, 1.54) is 22.8 Å². The second-order valence-corrected chi connectivity index (χ2v) is 8.76. The van der Waals surface area contributed by atoms with Crippen LogP contribution in [0.15, 0.2) is 44.3 Å². The topological polar surface area (TPSA) is 136 Å². The van der Waals surface area contributed by atoms with Crippen molar-refractivity contribution in [2.75, 3.05) is 13.1 Å². The summed E-state index contributed by atoms with van der Waals surface area (Å²) in [5, 5.41) is 21.4. The van der Waals surface area contributed by atoms with Gasteiger partial charge in [0.05, 0.1) is 16.9 Å².